The Morgan fingerprint density at radius 1 is 1.16 bits per heavy atom. The van der Waals surface area contributed by atoms with E-state index in [1.807, 2.05) is 31.2 Å². The summed E-state index contributed by atoms with van der Waals surface area (Å²) in [5, 5.41) is 8.14. The van der Waals surface area contributed by atoms with Gasteiger partial charge in [0.2, 0.25) is 5.91 Å². The van der Waals surface area contributed by atoms with Crippen LogP contribution in [0.1, 0.15) is 24.0 Å². The van der Waals surface area contributed by atoms with Crippen molar-refractivity contribution in [3.8, 4) is 5.69 Å². The Balaban J connectivity index is 1.45. The van der Waals surface area contributed by atoms with Crippen LogP contribution in [0, 0.1) is 12.8 Å². The lowest BCUT2D eigenvalue weighted by atomic mass is 9.97. The molecule has 1 fully saturated rings. The molecule has 0 spiro atoms. The number of anilines is 1. The number of amides is 1. The van der Waals surface area contributed by atoms with Crippen molar-refractivity contribution in [3.05, 3.63) is 87.2 Å². The van der Waals surface area contributed by atoms with Crippen molar-refractivity contribution in [2.45, 2.75) is 26.3 Å². The van der Waals surface area contributed by atoms with Gasteiger partial charge < -0.3 is 10.2 Å². The number of aryl methyl sites for hydroxylation is 1. The number of nitrogens with zero attached hydrogens (tertiary/aromatic N) is 3. The minimum absolute atomic E-state index is 0.0495. The van der Waals surface area contributed by atoms with E-state index >= 15 is 0 Å². The quantitative estimate of drug-likeness (QED) is 0.661. The molecule has 1 amide bonds. The molecule has 160 valence electrons. The van der Waals surface area contributed by atoms with Crippen molar-refractivity contribution in [1.82, 2.24) is 15.1 Å². The van der Waals surface area contributed by atoms with Crippen LogP contribution in [0.3, 0.4) is 0 Å². The van der Waals surface area contributed by atoms with Gasteiger partial charge in [-0.15, -0.1) is 5.10 Å². The van der Waals surface area contributed by atoms with Gasteiger partial charge in [0.25, 0.3) is 5.56 Å². The summed E-state index contributed by atoms with van der Waals surface area (Å²) in [6.45, 7) is 3.93. The summed E-state index contributed by atoms with van der Waals surface area (Å²) in [6, 6.07) is 18.4. The zero-order chi connectivity index (χ0) is 21.8. The van der Waals surface area contributed by atoms with E-state index in [-0.39, 0.29) is 17.4 Å². The van der Waals surface area contributed by atoms with Crippen molar-refractivity contribution in [1.29, 1.82) is 0 Å². The Morgan fingerprint density at radius 2 is 1.97 bits per heavy atom. The normalized spacial score (nSPS) is 16.2. The predicted octanol–water partition coefficient (Wildman–Crippen LogP) is 3.73. The summed E-state index contributed by atoms with van der Waals surface area (Å²) in [5.74, 6) is 0.608. The molecule has 7 heteroatoms. The van der Waals surface area contributed by atoms with Crippen LogP contribution in [0.2, 0.25) is 5.02 Å². The fourth-order valence-electron chi connectivity index (χ4n) is 3.80. The number of nitrogens with one attached hydrogen (secondary N) is 1. The maximum absolute atomic E-state index is 12.8. The van der Waals surface area contributed by atoms with E-state index in [0.717, 1.165) is 24.9 Å². The molecule has 1 aliphatic heterocycles. The van der Waals surface area contributed by atoms with E-state index in [1.54, 1.807) is 30.3 Å². The minimum atomic E-state index is -0.226. The van der Waals surface area contributed by atoms with Crippen LogP contribution < -0.4 is 15.8 Å². The molecule has 0 bridgehead atoms. The summed E-state index contributed by atoms with van der Waals surface area (Å²) in [4.78, 5) is 27.2. The van der Waals surface area contributed by atoms with E-state index in [2.05, 4.69) is 15.3 Å². The highest BCUT2D eigenvalue weighted by molar-refractivity contribution is 6.30. The molecule has 2 aromatic carbocycles. The molecule has 31 heavy (non-hydrogen) atoms. The van der Waals surface area contributed by atoms with Gasteiger partial charge in [0.05, 0.1) is 11.6 Å². The van der Waals surface area contributed by atoms with E-state index in [4.69, 9.17) is 11.6 Å². The number of aromatic nitrogens is 2. The molecule has 2 heterocycles. The van der Waals surface area contributed by atoms with Crippen LogP contribution >= 0.6 is 11.6 Å². The average Bonchev–Trinajstić information content (AvgIpc) is 2.79. The van der Waals surface area contributed by atoms with E-state index < -0.39 is 0 Å². The lowest BCUT2D eigenvalue weighted by molar-refractivity contribution is -0.125. The van der Waals surface area contributed by atoms with Gasteiger partial charge >= 0.3 is 0 Å². The molecule has 6 nitrogen and oxygen atoms in total. The Labute approximate surface area is 186 Å². The minimum Gasteiger partial charge on any atom is -0.354 e. The van der Waals surface area contributed by atoms with Crippen molar-refractivity contribution in [3.63, 3.8) is 0 Å². The number of benzene rings is 2. The lowest BCUT2D eigenvalue weighted by Gasteiger charge is -2.33. The molecule has 0 saturated carbocycles. The molecular weight excluding hydrogens is 412 g/mol. The van der Waals surface area contributed by atoms with Gasteiger partial charge in [0, 0.05) is 30.7 Å². The summed E-state index contributed by atoms with van der Waals surface area (Å²) in [7, 11) is 0. The zero-order valence-corrected chi connectivity index (χ0v) is 18.2. The van der Waals surface area contributed by atoms with Crippen LogP contribution in [-0.4, -0.2) is 28.8 Å². The highest BCUT2D eigenvalue weighted by Gasteiger charge is 2.26. The molecule has 0 aliphatic carbocycles. The molecule has 1 aliphatic rings. The number of piperidine rings is 1. The van der Waals surface area contributed by atoms with E-state index in [1.165, 1.54) is 16.3 Å². The van der Waals surface area contributed by atoms with Crippen molar-refractivity contribution in [2.75, 3.05) is 18.0 Å². The molecule has 3 aromatic rings. The standard InChI is InChI=1S/C24H25ClN4O2/c1-17-7-9-18(10-8-17)15-26-24(31)19-4-3-13-28(16-19)22-11-12-23(30)29(27-22)21-6-2-5-20(25)14-21/h2,5-12,14,19H,3-4,13,15-16H2,1H3,(H,26,31)/t19-/m0/s1. The van der Waals surface area contributed by atoms with Gasteiger partial charge in [-0.25, -0.2) is 0 Å². The molecule has 0 unspecified atom stereocenters. The van der Waals surface area contributed by atoms with Crippen molar-refractivity contribution < 1.29 is 4.79 Å². The third-order valence-corrected chi connectivity index (χ3v) is 5.78. The van der Waals surface area contributed by atoms with Gasteiger partial charge in [-0.1, -0.05) is 47.5 Å². The van der Waals surface area contributed by atoms with Crippen molar-refractivity contribution in [2.24, 2.45) is 5.92 Å². The third-order valence-electron chi connectivity index (χ3n) is 5.54. The van der Waals surface area contributed by atoms with E-state index in [0.29, 0.717) is 29.6 Å². The summed E-state index contributed by atoms with van der Waals surface area (Å²) >= 11 is 6.07. The Hall–Kier alpha value is -3.12. The summed E-state index contributed by atoms with van der Waals surface area (Å²) in [5.41, 5.74) is 2.67. The third kappa shape index (κ3) is 5.14. The van der Waals surface area contributed by atoms with Crippen LogP contribution in [0.25, 0.3) is 5.69 Å². The van der Waals surface area contributed by atoms with Gasteiger partial charge in [-0.2, -0.15) is 4.68 Å². The highest BCUT2D eigenvalue weighted by Crippen LogP contribution is 2.22. The predicted molar refractivity (Wildman–Crippen MR) is 123 cm³/mol. The second-order valence-corrected chi connectivity index (χ2v) is 8.35. The van der Waals surface area contributed by atoms with Gasteiger partial charge in [0.15, 0.2) is 0 Å². The fraction of sp³-hybridized carbons (Fsp3) is 0.292. The maximum atomic E-state index is 12.8. The lowest BCUT2D eigenvalue weighted by Crippen LogP contribution is -2.43. The molecule has 0 radical (unpaired) electrons. The average molecular weight is 437 g/mol. The molecule has 1 atom stereocenters. The molecule has 4 rings (SSSR count). The van der Waals surface area contributed by atoms with Crippen LogP contribution in [0.5, 0.6) is 0 Å². The topological polar surface area (TPSA) is 67.2 Å². The Bertz CT molecular complexity index is 1130. The Kier molecular flexibility index (Phi) is 6.37. The maximum Gasteiger partial charge on any atom is 0.271 e. The van der Waals surface area contributed by atoms with Crippen LogP contribution in [0.4, 0.5) is 5.82 Å². The number of hydrogen-bond donors (Lipinski definition) is 1. The van der Waals surface area contributed by atoms with Crippen LogP contribution in [0.15, 0.2) is 65.5 Å². The first-order valence-corrected chi connectivity index (χ1v) is 10.8. The first-order chi connectivity index (χ1) is 15.0. The van der Waals surface area contributed by atoms with E-state index in [9.17, 15) is 9.59 Å². The second kappa shape index (κ2) is 9.35. The molecule has 1 saturated heterocycles. The largest absolute Gasteiger partial charge is 0.354 e. The number of halogens is 1. The summed E-state index contributed by atoms with van der Waals surface area (Å²) in [6.07, 6.45) is 1.73. The first kappa shape index (κ1) is 21.1. The number of rotatable bonds is 5. The number of hydrogen-bond acceptors (Lipinski definition) is 4. The highest BCUT2D eigenvalue weighted by atomic mass is 35.5. The molecule has 1 N–H and O–H groups in total. The Morgan fingerprint density at radius 3 is 2.74 bits per heavy atom. The smallest absolute Gasteiger partial charge is 0.271 e. The number of carbonyl (C=O) groups excluding carboxylic acids is 1. The first-order valence-electron chi connectivity index (χ1n) is 10.4. The van der Waals surface area contributed by atoms with Crippen LogP contribution in [-0.2, 0) is 11.3 Å². The SMILES string of the molecule is Cc1ccc(CNC(=O)[C@H]2CCCN(c3ccc(=O)n(-c4cccc(Cl)c4)n3)C2)cc1. The van der Waals surface area contributed by atoms with Gasteiger partial charge in [0.1, 0.15) is 5.82 Å². The van der Waals surface area contributed by atoms with Gasteiger partial charge in [-0.3, -0.25) is 9.59 Å². The van der Waals surface area contributed by atoms with Crippen molar-refractivity contribution >= 4 is 23.3 Å². The molecular formula is C24H25ClN4O2. The zero-order valence-electron chi connectivity index (χ0n) is 17.4. The molecule has 1 aromatic heterocycles. The van der Waals surface area contributed by atoms with Gasteiger partial charge in [-0.05, 0) is 49.6 Å². The monoisotopic (exact) mass is 436 g/mol. The fourth-order valence-corrected chi connectivity index (χ4v) is 3.99. The number of carbonyl (C=O) groups is 1. The summed E-state index contributed by atoms with van der Waals surface area (Å²) < 4.78 is 1.35. The second-order valence-electron chi connectivity index (χ2n) is 7.91.